The van der Waals surface area contributed by atoms with E-state index in [-0.39, 0.29) is 36.5 Å². The fraction of sp³-hybridized carbons (Fsp3) is 0.458. The first-order valence-corrected chi connectivity index (χ1v) is 10.8. The highest BCUT2D eigenvalue weighted by Crippen LogP contribution is 2.37. The van der Waals surface area contributed by atoms with Crippen LogP contribution in [-0.4, -0.2) is 39.7 Å². The molecule has 2 atom stereocenters. The summed E-state index contributed by atoms with van der Waals surface area (Å²) < 4.78 is 29.5. The van der Waals surface area contributed by atoms with Crippen LogP contribution in [0.4, 0.5) is 8.78 Å². The molecule has 2 heterocycles. The number of aliphatic hydroxyl groups is 1. The van der Waals surface area contributed by atoms with Gasteiger partial charge in [0.2, 0.25) is 5.91 Å². The lowest BCUT2D eigenvalue weighted by atomic mass is 9.90. The van der Waals surface area contributed by atoms with Crippen LogP contribution >= 0.6 is 0 Å². The van der Waals surface area contributed by atoms with Gasteiger partial charge >= 0.3 is 0 Å². The number of benzene rings is 2. The lowest BCUT2D eigenvalue weighted by Gasteiger charge is -2.23. The maximum absolute atomic E-state index is 13.8. The summed E-state index contributed by atoms with van der Waals surface area (Å²) in [5.74, 6) is 0.0203. The molecule has 2 aliphatic rings. The van der Waals surface area contributed by atoms with Crippen LogP contribution in [0.1, 0.15) is 32.1 Å². The van der Waals surface area contributed by atoms with Gasteiger partial charge in [0.05, 0.1) is 12.6 Å². The maximum atomic E-state index is 13.8. The summed E-state index contributed by atoms with van der Waals surface area (Å²) >= 11 is 0. The van der Waals surface area contributed by atoms with Gasteiger partial charge in [-0.05, 0) is 61.6 Å². The predicted octanol–water partition coefficient (Wildman–Crippen LogP) is 4.47. The third-order valence-corrected chi connectivity index (χ3v) is 6.92. The summed E-state index contributed by atoms with van der Waals surface area (Å²) in [5, 5.41) is 12.1. The minimum Gasteiger partial charge on any atom is -0.389 e. The zero-order valence-corrected chi connectivity index (χ0v) is 16.9. The average Bonchev–Trinajstić information content (AvgIpc) is 3.42. The molecule has 2 fully saturated rings. The van der Waals surface area contributed by atoms with Crippen molar-refractivity contribution >= 4 is 27.7 Å². The van der Waals surface area contributed by atoms with Crippen molar-refractivity contribution in [1.29, 1.82) is 0 Å². The first-order valence-electron chi connectivity index (χ1n) is 10.8. The lowest BCUT2D eigenvalue weighted by Crippen LogP contribution is -2.37. The number of amides is 1. The van der Waals surface area contributed by atoms with Crippen LogP contribution in [0.2, 0.25) is 0 Å². The Labute approximate surface area is 174 Å². The van der Waals surface area contributed by atoms with Gasteiger partial charge < -0.3 is 14.6 Å². The number of carbonyl (C=O) groups excluding carboxylic acids is 1. The third kappa shape index (κ3) is 3.37. The Hall–Kier alpha value is -2.47. The van der Waals surface area contributed by atoms with Gasteiger partial charge in [-0.1, -0.05) is 12.8 Å². The number of aromatic nitrogens is 1. The van der Waals surface area contributed by atoms with Crippen LogP contribution in [0.25, 0.3) is 21.8 Å². The number of likely N-dealkylation sites (tertiary alicyclic amines) is 1. The van der Waals surface area contributed by atoms with Crippen molar-refractivity contribution in [2.75, 3.05) is 13.1 Å². The molecule has 0 radical (unpaired) electrons. The fourth-order valence-corrected chi connectivity index (χ4v) is 5.51. The van der Waals surface area contributed by atoms with Gasteiger partial charge in [0, 0.05) is 40.8 Å². The molecule has 5 rings (SSSR count). The van der Waals surface area contributed by atoms with Gasteiger partial charge in [-0.2, -0.15) is 0 Å². The van der Waals surface area contributed by atoms with Crippen LogP contribution in [0.3, 0.4) is 0 Å². The van der Waals surface area contributed by atoms with E-state index < -0.39 is 6.10 Å². The maximum Gasteiger partial charge on any atom is 0.226 e. The van der Waals surface area contributed by atoms with Gasteiger partial charge in [-0.15, -0.1) is 0 Å². The van der Waals surface area contributed by atoms with E-state index >= 15 is 0 Å². The number of fused-ring (bicyclic) bond motifs is 3. The number of nitrogens with zero attached hydrogens (tertiary/aromatic N) is 2. The predicted molar refractivity (Wildman–Crippen MR) is 112 cm³/mol. The van der Waals surface area contributed by atoms with Crippen molar-refractivity contribution in [1.82, 2.24) is 9.47 Å². The highest BCUT2D eigenvalue weighted by molar-refractivity contribution is 6.08. The molecular formula is C24H26F2N2O2. The van der Waals surface area contributed by atoms with E-state index in [0.29, 0.717) is 23.2 Å². The van der Waals surface area contributed by atoms with Gasteiger partial charge in [0.15, 0.2) is 0 Å². The average molecular weight is 412 g/mol. The summed E-state index contributed by atoms with van der Waals surface area (Å²) in [7, 11) is 0. The molecule has 1 aliphatic carbocycles. The molecule has 0 bridgehead atoms. The molecular weight excluding hydrogens is 386 g/mol. The van der Waals surface area contributed by atoms with Crippen LogP contribution < -0.4 is 0 Å². The second kappa shape index (κ2) is 7.65. The molecule has 0 spiro atoms. The summed E-state index contributed by atoms with van der Waals surface area (Å²) in [6.45, 7) is 1.24. The number of aliphatic hydroxyl groups excluding tert-OH is 1. The number of rotatable bonds is 5. The van der Waals surface area contributed by atoms with E-state index in [9.17, 15) is 18.7 Å². The first kappa shape index (κ1) is 19.5. The molecule has 30 heavy (non-hydrogen) atoms. The molecule has 3 aromatic rings. The Morgan fingerprint density at radius 3 is 2.13 bits per heavy atom. The van der Waals surface area contributed by atoms with Crippen molar-refractivity contribution in [3.8, 4) is 0 Å². The molecule has 6 heteroatoms. The van der Waals surface area contributed by atoms with E-state index in [0.717, 1.165) is 30.3 Å². The first-order chi connectivity index (χ1) is 14.5. The largest absolute Gasteiger partial charge is 0.389 e. The molecule has 2 unspecified atom stereocenters. The minimum atomic E-state index is -0.759. The Morgan fingerprint density at radius 1 is 0.933 bits per heavy atom. The molecule has 1 saturated carbocycles. The van der Waals surface area contributed by atoms with Crippen LogP contribution in [-0.2, 0) is 11.3 Å². The van der Waals surface area contributed by atoms with Crippen molar-refractivity contribution in [3.63, 3.8) is 0 Å². The Kier molecular flexibility index (Phi) is 4.97. The van der Waals surface area contributed by atoms with Crippen molar-refractivity contribution < 1.29 is 18.7 Å². The monoisotopic (exact) mass is 412 g/mol. The van der Waals surface area contributed by atoms with Gasteiger partial charge in [0.25, 0.3) is 0 Å². The molecule has 1 aliphatic heterocycles. The number of hydrogen-bond acceptors (Lipinski definition) is 2. The molecule has 4 nitrogen and oxygen atoms in total. The zero-order chi connectivity index (χ0) is 20.8. The summed E-state index contributed by atoms with van der Waals surface area (Å²) in [6, 6.07) is 8.86. The van der Waals surface area contributed by atoms with Gasteiger partial charge in [-0.3, -0.25) is 4.79 Å². The minimum absolute atomic E-state index is 0.110. The van der Waals surface area contributed by atoms with Crippen LogP contribution in [0, 0.1) is 23.5 Å². The zero-order valence-electron chi connectivity index (χ0n) is 16.9. The Morgan fingerprint density at radius 2 is 1.53 bits per heavy atom. The smallest absolute Gasteiger partial charge is 0.226 e. The third-order valence-electron chi connectivity index (χ3n) is 6.92. The molecule has 1 aromatic heterocycles. The van der Waals surface area contributed by atoms with Gasteiger partial charge in [0.1, 0.15) is 11.6 Å². The van der Waals surface area contributed by atoms with Crippen molar-refractivity contribution in [3.05, 3.63) is 48.0 Å². The topological polar surface area (TPSA) is 45.5 Å². The molecule has 1 N–H and O–H groups in total. The number of β-amino-alcohol motifs (C(OH)–C–C–N with tert-alkyl or cyclic N) is 1. The summed E-state index contributed by atoms with van der Waals surface area (Å²) in [6.07, 6.45) is 4.83. The second-order valence-electron chi connectivity index (χ2n) is 8.81. The van der Waals surface area contributed by atoms with Gasteiger partial charge in [-0.25, -0.2) is 8.78 Å². The second-order valence-corrected chi connectivity index (χ2v) is 8.81. The van der Waals surface area contributed by atoms with E-state index in [1.54, 1.807) is 17.0 Å². The number of hydrogen-bond donors (Lipinski definition) is 1. The molecule has 158 valence electrons. The van der Waals surface area contributed by atoms with E-state index in [4.69, 9.17) is 0 Å². The summed E-state index contributed by atoms with van der Waals surface area (Å²) in [4.78, 5) is 14.6. The van der Waals surface area contributed by atoms with Crippen LogP contribution in [0.15, 0.2) is 36.4 Å². The quantitative estimate of drug-likeness (QED) is 0.672. The lowest BCUT2D eigenvalue weighted by molar-refractivity contribution is -0.133. The highest BCUT2D eigenvalue weighted by Gasteiger charge is 2.38. The van der Waals surface area contributed by atoms with E-state index in [1.807, 2.05) is 4.57 Å². The Bertz CT molecular complexity index is 1040. The summed E-state index contributed by atoms with van der Waals surface area (Å²) in [5.41, 5.74) is 1.49. The van der Waals surface area contributed by atoms with Crippen molar-refractivity contribution in [2.45, 2.75) is 44.8 Å². The fourth-order valence-electron chi connectivity index (χ4n) is 5.51. The normalized spacial score (nSPS) is 21.4. The van der Waals surface area contributed by atoms with E-state index in [1.165, 1.54) is 37.1 Å². The standard InChI is InChI=1S/C24H26F2N2O2/c25-16-5-7-22-20(11-16)21-12-17(26)6-8-23(21)28(22)14-18(29)13-27-10-9-19(24(27)30)15-3-1-2-4-15/h5-8,11-12,15,18-19,29H,1-4,9-10,13-14H2. The number of halogens is 2. The van der Waals surface area contributed by atoms with E-state index in [2.05, 4.69) is 0 Å². The van der Waals surface area contributed by atoms with Crippen LogP contribution in [0.5, 0.6) is 0 Å². The molecule has 2 aromatic carbocycles. The van der Waals surface area contributed by atoms with Crippen molar-refractivity contribution in [2.24, 2.45) is 11.8 Å². The number of carbonyl (C=O) groups is 1. The molecule has 1 saturated heterocycles. The Balaban J connectivity index is 1.38. The highest BCUT2D eigenvalue weighted by atomic mass is 19.1. The SMILES string of the molecule is O=C1C(C2CCCC2)CCN1CC(O)Cn1c2ccc(F)cc2c2cc(F)ccc21. The molecule has 1 amide bonds.